The largest absolute Gasteiger partial charge is 0.341 e. The predicted molar refractivity (Wildman–Crippen MR) is 57.7 cm³/mol. The zero-order valence-electron chi connectivity index (χ0n) is 9.00. The molecule has 2 amide bonds. The van der Waals surface area contributed by atoms with Gasteiger partial charge in [0.15, 0.2) is 0 Å². The van der Waals surface area contributed by atoms with Gasteiger partial charge in [-0.15, -0.1) is 0 Å². The lowest BCUT2D eigenvalue weighted by Gasteiger charge is -2.21. The van der Waals surface area contributed by atoms with Gasteiger partial charge in [0.05, 0.1) is 0 Å². The number of hydrogen-bond donors (Lipinski definition) is 1. The highest BCUT2D eigenvalue weighted by Crippen LogP contribution is 2.21. The maximum absolute atomic E-state index is 11.7. The minimum Gasteiger partial charge on any atom is -0.341 e. The van der Waals surface area contributed by atoms with E-state index >= 15 is 0 Å². The molecule has 1 heterocycles. The van der Waals surface area contributed by atoms with Crippen molar-refractivity contribution in [1.82, 2.24) is 10.2 Å². The molecular weight excluding hydrogens is 200 g/mol. The minimum atomic E-state index is -0.829. The maximum Gasteiger partial charge on any atom is 0.317 e. The summed E-state index contributed by atoms with van der Waals surface area (Å²) in [7, 11) is 0.792. The maximum atomic E-state index is 11.7. The summed E-state index contributed by atoms with van der Waals surface area (Å²) < 4.78 is 11.6. The number of nitrogens with one attached hydrogen (secondary N) is 1. The van der Waals surface area contributed by atoms with E-state index in [-0.39, 0.29) is 10.8 Å². The molecule has 0 bridgehead atoms. The summed E-state index contributed by atoms with van der Waals surface area (Å²) in [6.07, 6.45) is 0.799. The quantitative estimate of drug-likeness (QED) is 0.646. The van der Waals surface area contributed by atoms with Gasteiger partial charge in [0, 0.05) is 41.4 Å². The van der Waals surface area contributed by atoms with Crippen LogP contribution in [-0.4, -0.2) is 45.8 Å². The van der Waals surface area contributed by atoms with Gasteiger partial charge in [0.25, 0.3) is 0 Å². The van der Waals surface area contributed by atoms with Crippen LogP contribution in [0.15, 0.2) is 0 Å². The molecule has 1 unspecified atom stereocenters. The molecule has 0 spiro atoms. The fraction of sp³-hybridized carbons (Fsp3) is 0.889. The molecule has 0 radical (unpaired) electrons. The number of hydrogen-bond acceptors (Lipinski definition) is 2. The van der Waals surface area contributed by atoms with E-state index in [2.05, 4.69) is 5.32 Å². The average molecular weight is 218 g/mol. The molecule has 1 atom stereocenters. The van der Waals surface area contributed by atoms with Crippen LogP contribution in [0.3, 0.4) is 0 Å². The second-order valence-electron chi connectivity index (χ2n) is 4.10. The van der Waals surface area contributed by atoms with E-state index in [0.29, 0.717) is 18.8 Å². The average Bonchev–Trinajstić information content (AvgIpc) is 2.27. The number of amides is 2. The third-order valence-corrected chi connectivity index (χ3v) is 4.64. The number of rotatable bonds is 0. The van der Waals surface area contributed by atoms with Crippen molar-refractivity contribution < 1.29 is 9.00 Å². The fourth-order valence-electron chi connectivity index (χ4n) is 1.46. The number of carbonyl (C=O) groups excluding carboxylic acids is 1. The highest BCUT2D eigenvalue weighted by Gasteiger charge is 2.30. The van der Waals surface area contributed by atoms with Crippen LogP contribution in [0.5, 0.6) is 0 Å². The van der Waals surface area contributed by atoms with Gasteiger partial charge in [-0.1, -0.05) is 0 Å². The summed E-state index contributed by atoms with van der Waals surface area (Å²) in [5.41, 5.74) is 0. The second-order valence-corrected chi connectivity index (χ2v) is 6.31. The third kappa shape index (κ3) is 2.47. The first-order chi connectivity index (χ1) is 6.47. The van der Waals surface area contributed by atoms with Crippen molar-refractivity contribution in [2.75, 3.05) is 25.9 Å². The molecule has 0 saturated carbocycles. The lowest BCUT2D eigenvalue weighted by atomic mass is 10.1. The Kier molecular flexibility index (Phi) is 3.53. The number of nitrogens with zero attached hydrogens (tertiary/aromatic N) is 1. The molecular formula is C9H18N2O2S. The highest BCUT2D eigenvalue weighted by atomic mass is 32.2. The Morgan fingerprint density at radius 1 is 1.43 bits per heavy atom. The van der Waals surface area contributed by atoms with Gasteiger partial charge in [0.2, 0.25) is 0 Å². The Bertz CT molecular complexity index is 253. The highest BCUT2D eigenvalue weighted by molar-refractivity contribution is 7.86. The Morgan fingerprint density at radius 3 is 2.64 bits per heavy atom. The van der Waals surface area contributed by atoms with Gasteiger partial charge in [-0.2, -0.15) is 0 Å². The molecule has 82 valence electrons. The normalized spacial score (nSPS) is 26.8. The second kappa shape index (κ2) is 4.29. The summed E-state index contributed by atoms with van der Waals surface area (Å²) in [6, 6.07) is -0.0697. The molecule has 0 aromatic heterocycles. The van der Waals surface area contributed by atoms with Crippen molar-refractivity contribution >= 4 is 16.8 Å². The summed E-state index contributed by atoms with van der Waals surface area (Å²) in [4.78, 5) is 13.1. The van der Waals surface area contributed by atoms with E-state index in [4.69, 9.17) is 0 Å². The molecule has 0 aromatic carbocycles. The van der Waals surface area contributed by atoms with E-state index in [0.717, 1.165) is 6.42 Å². The van der Waals surface area contributed by atoms with E-state index in [1.165, 1.54) is 0 Å². The summed E-state index contributed by atoms with van der Waals surface area (Å²) >= 11 is 0. The van der Waals surface area contributed by atoms with E-state index < -0.39 is 10.8 Å². The van der Waals surface area contributed by atoms with Gasteiger partial charge in [-0.05, 0) is 20.3 Å². The lowest BCUT2D eigenvalue weighted by Crippen LogP contribution is -2.39. The van der Waals surface area contributed by atoms with Gasteiger partial charge < -0.3 is 10.2 Å². The van der Waals surface area contributed by atoms with E-state index in [1.807, 2.05) is 13.8 Å². The SMILES string of the molecule is CNC(=O)N1CCS(=O)C(C)(C)CC1. The first-order valence-corrected chi connectivity index (χ1v) is 6.14. The molecule has 1 aliphatic heterocycles. The number of urea groups is 1. The Balaban J connectivity index is 2.65. The zero-order chi connectivity index (χ0) is 10.8. The molecule has 14 heavy (non-hydrogen) atoms. The first-order valence-electron chi connectivity index (χ1n) is 4.82. The fourth-order valence-corrected chi connectivity index (χ4v) is 2.72. The van der Waals surface area contributed by atoms with Crippen LogP contribution in [0.4, 0.5) is 4.79 Å². The van der Waals surface area contributed by atoms with Gasteiger partial charge >= 0.3 is 6.03 Å². The van der Waals surface area contributed by atoms with Crippen LogP contribution >= 0.6 is 0 Å². The predicted octanol–water partition coefficient (Wildman–Crippen LogP) is 0.559. The topological polar surface area (TPSA) is 49.4 Å². The standard InChI is InChI=1S/C9H18N2O2S/c1-9(2)4-5-11(8(12)10-3)6-7-14(9)13/h4-7H2,1-3H3,(H,10,12). The monoisotopic (exact) mass is 218 g/mol. The first kappa shape index (κ1) is 11.5. The molecule has 1 rings (SSSR count). The summed E-state index contributed by atoms with van der Waals surface area (Å²) in [5, 5.41) is 2.59. The van der Waals surface area contributed by atoms with E-state index in [9.17, 15) is 9.00 Å². The van der Waals surface area contributed by atoms with Crippen LogP contribution in [0.1, 0.15) is 20.3 Å². The van der Waals surface area contributed by atoms with Crippen LogP contribution in [-0.2, 0) is 10.8 Å². The molecule has 0 aromatic rings. The zero-order valence-corrected chi connectivity index (χ0v) is 9.82. The van der Waals surface area contributed by atoms with Gasteiger partial charge in [-0.25, -0.2) is 4.79 Å². The van der Waals surface area contributed by atoms with Crippen molar-refractivity contribution in [3.05, 3.63) is 0 Å². The molecule has 1 aliphatic rings. The molecule has 1 saturated heterocycles. The van der Waals surface area contributed by atoms with Crippen molar-refractivity contribution in [3.63, 3.8) is 0 Å². The molecule has 5 heteroatoms. The van der Waals surface area contributed by atoms with Gasteiger partial charge in [0.1, 0.15) is 0 Å². The Labute approximate surface area is 87.5 Å². The van der Waals surface area contributed by atoms with Crippen LogP contribution < -0.4 is 5.32 Å². The van der Waals surface area contributed by atoms with Crippen molar-refractivity contribution in [2.24, 2.45) is 0 Å². The van der Waals surface area contributed by atoms with Crippen molar-refractivity contribution in [2.45, 2.75) is 25.0 Å². The lowest BCUT2D eigenvalue weighted by molar-refractivity contribution is 0.202. The molecule has 1 fully saturated rings. The number of carbonyl (C=O) groups is 1. The van der Waals surface area contributed by atoms with Crippen molar-refractivity contribution in [1.29, 1.82) is 0 Å². The van der Waals surface area contributed by atoms with Crippen LogP contribution in [0, 0.1) is 0 Å². The summed E-state index contributed by atoms with van der Waals surface area (Å²) in [6.45, 7) is 5.28. The third-order valence-electron chi connectivity index (χ3n) is 2.65. The Morgan fingerprint density at radius 2 is 2.07 bits per heavy atom. The van der Waals surface area contributed by atoms with Crippen LogP contribution in [0.2, 0.25) is 0 Å². The Hall–Kier alpha value is -0.580. The molecule has 1 N–H and O–H groups in total. The molecule has 4 nitrogen and oxygen atoms in total. The minimum absolute atomic E-state index is 0.0697. The van der Waals surface area contributed by atoms with Gasteiger partial charge in [-0.3, -0.25) is 4.21 Å². The molecule has 0 aliphatic carbocycles. The van der Waals surface area contributed by atoms with Crippen LogP contribution in [0.25, 0.3) is 0 Å². The summed E-state index contributed by atoms with van der Waals surface area (Å²) in [5.74, 6) is 0.584. The van der Waals surface area contributed by atoms with E-state index in [1.54, 1.807) is 11.9 Å². The van der Waals surface area contributed by atoms with Crippen molar-refractivity contribution in [3.8, 4) is 0 Å². The smallest absolute Gasteiger partial charge is 0.317 e.